The minimum Gasteiger partial charge on any atom is -0.480 e. The molecule has 6 heteroatoms. The minimum atomic E-state index is -1.12. The van der Waals surface area contributed by atoms with Crippen molar-refractivity contribution in [2.75, 3.05) is 26.8 Å². The molecule has 0 aromatic carbocycles. The second-order valence-electron chi connectivity index (χ2n) is 4.68. The van der Waals surface area contributed by atoms with E-state index < -0.39 is 18.0 Å². The van der Waals surface area contributed by atoms with Gasteiger partial charge in [-0.2, -0.15) is 0 Å². The van der Waals surface area contributed by atoms with E-state index in [2.05, 4.69) is 11.2 Å². The van der Waals surface area contributed by atoms with Crippen LogP contribution in [0.5, 0.6) is 0 Å². The van der Waals surface area contributed by atoms with Crippen LogP contribution in [0.2, 0.25) is 0 Å². The van der Waals surface area contributed by atoms with Crippen molar-refractivity contribution in [3.8, 4) is 12.3 Å². The zero-order chi connectivity index (χ0) is 14.3. The molecule has 0 radical (unpaired) electrons. The number of carbonyl (C=O) groups is 2. The molecular formula is C13H20N2O4. The Bertz CT molecular complexity index is 358. The highest BCUT2D eigenvalue weighted by Gasteiger charge is 2.23. The van der Waals surface area contributed by atoms with E-state index in [9.17, 15) is 9.59 Å². The number of amides is 2. The lowest BCUT2D eigenvalue weighted by Gasteiger charge is -2.28. The van der Waals surface area contributed by atoms with Crippen molar-refractivity contribution in [1.29, 1.82) is 0 Å². The Kier molecular flexibility index (Phi) is 6.16. The summed E-state index contributed by atoms with van der Waals surface area (Å²) >= 11 is 0. The molecule has 106 valence electrons. The van der Waals surface area contributed by atoms with E-state index in [1.54, 1.807) is 7.05 Å². The van der Waals surface area contributed by atoms with Gasteiger partial charge in [0.05, 0.1) is 0 Å². The second-order valence-corrected chi connectivity index (χ2v) is 4.68. The van der Waals surface area contributed by atoms with Crippen LogP contribution >= 0.6 is 0 Å². The molecule has 0 aromatic heterocycles. The monoisotopic (exact) mass is 268 g/mol. The molecule has 1 saturated heterocycles. The number of carboxylic acid groups (broad SMARTS) is 1. The van der Waals surface area contributed by atoms with Gasteiger partial charge in [0.15, 0.2) is 0 Å². The lowest BCUT2D eigenvalue weighted by atomic mass is 10.00. The molecule has 0 spiro atoms. The largest absolute Gasteiger partial charge is 0.480 e. The molecule has 19 heavy (non-hydrogen) atoms. The molecule has 1 aliphatic rings. The average Bonchev–Trinajstić information content (AvgIpc) is 2.39. The number of carbonyl (C=O) groups excluding carboxylic acids is 1. The van der Waals surface area contributed by atoms with Crippen LogP contribution in [-0.2, 0) is 9.53 Å². The van der Waals surface area contributed by atoms with Crippen LogP contribution in [0.3, 0.4) is 0 Å². The number of aliphatic carboxylic acids is 1. The summed E-state index contributed by atoms with van der Waals surface area (Å²) < 4.78 is 5.25. The van der Waals surface area contributed by atoms with Crippen molar-refractivity contribution in [3.63, 3.8) is 0 Å². The van der Waals surface area contributed by atoms with Gasteiger partial charge in [0, 0.05) is 33.2 Å². The number of hydrogen-bond acceptors (Lipinski definition) is 3. The molecule has 2 amide bonds. The molecule has 0 saturated carbocycles. The van der Waals surface area contributed by atoms with Crippen molar-refractivity contribution in [2.45, 2.75) is 25.3 Å². The molecule has 1 fully saturated rings. The molecule has 1 unspecified atom stereocenters. The zero-order valence-corrected chi connectivity index (χ0v) is 11.1. The highest BCUT2D eigenvalue weighted by Crippen LogP contribution is 2.15. The summed E-state index contributed by atoms with van der Waals surface area (Å²) in [5, 5.41) is 11.3. The summed E-state index contributed by atoms with van der Waals surface area (Å²) in [6.07, 6.45) is 6.90. The standard InChI is InChI=1S/C13H20N2O4/c1-3-4-11(12(16)17)14-13(18)15(2)9-10-5-7-19-8-6-10/h1,10-11H,4-9H2,2H3,(H,14,18)(H,16,17). The zero-order valence-electron chi connectivity index (χ0n) is 11.1. The summed E-state index contributed by atoms with van der Waals surface area (Å²) in [6.45, 7) is 2.03. The molecule has 2 N–H and O–H groups in total. The van der Waals surface area contributed by atoms with Crippen LogP contribution in [0.1, 0.15) is 19.3 Å². The normalized spacial score (nSPS) is 17.3. The van der Waals surface area contributed by atoms with E-state index in [4.69, 9.17) is 16.3 Å². The molecule has 1 aliphatic heterocycles. The number of rotatable bonds is 5. The third kappa shape index (κ3) is 5.18. The maximum absolute atomic E-state index is 11.9. The van der Waals surface area contributed by atoms with E-state index in [1.807, 2.05) is 0 Å². The van der Waals surface area contributed by atoms with Gasteiger partial charge in [0.1, 0.15) is 6.04 Å². The van der Waals surface area contributed by atoms with Crippen LogP contribution in [0, 0.1) is 18.3 Å². The first-order valence-electron chi connectivity index (χ1n) is 6.30. The fourth-order valence-corrected chi connectivity index (χ4v) is 1.98. The van der Waals surface area contributed by atoms with Crippen molar-refractivity contribution >= 4 is 12.0 Å². The summed E-state index contributed by atoms with van der Waals surface area (Å²) in [5.74, 6) is 1.53. The highest BCUT2D eigenvalue weighted by molar-refractivity contribution is 5.82. The molecule has 1 heterocycles. The van der Waals surface area contributed by atoms with Gasteiger partial charge >= 0.3 is 12.0 Å². The number of hydrogen-bond donors (Lipinski definition) is 2. The Balaban J connectivity index is 2.42. The number of urea groups is 1. The number of terminal acetylenes is 1. The smallest absolute Gasteiger partial charge is 0.327 e. The quantitative estimate of drug-likeness (QED) is 0.713. The molecule has 0 aromatic rings. The predicted molar refractivity (Wildman–Crippen MR) is 69.6 cm³/mol. The van der Waals surface area contributed by atoms with Gasteiger partial charge in [0.2, 0.25) is 0 Å². The maximum atomic E-state index is 11.9. The van der Waals surface area contributed by atoms with Gasteiger partial charge in [0.25, 0.3) is 0 Å². The summed E-state index contributed by atoms with van der Waals surface area (Å²) in [5.41, 5.74) is 0. The van der Waals surface area contributed by atoms with Crippen LogP contribution < -0.4 is 5.32 Å². The van der Waals surface area contributed by atoms with Gasteiger partial charge in [-0.05, 0) is 18.8 Å². The van der Waals surface area contributed by atoms with Crippen molar-refractivity contribution in [3.05, 3.63) is 0 Å². The van der Waals surface area contributed by atoms with E-state index >= 15 is 0 Å². The van der Waals surface area contributed by atoms with Crippen molar-refractivity contribution in [1.82, 2.24) is 10.2 Å². The predicted octanol–water partition coefficient (Wildman–Crippen LogP) is 0.531. The second kappa shape index (κ2) is 7.64. The fourth-order valence-electron chi connectivity index (χ4n) is 1.98. The number of nitrogens with zero attached hydrogens (tertiary/aromatic N) is 1. The lowest BCUT2D eigenvalue weighted by molar-refractivity contribution is -0.139. The molecule has 6 nitrogen and oxygen atoms in total. The molecule has 0 bridgehead atoms. The van der Waals surface area contributed by atoms with Crippen LogP contribution in [0.25, 0.3) is 0 Å². The average molecular weight is 268 g/mol. The number of nitrogens with one attached hydrogen (secondary N) is 1. The lowest BCUT2D eigenvalue weighted by Crippen LogP contribution is -2.47. The summed E-state index contributed by atoms with van der Waals surface area (Å²) in [6, 6.07) is -1.44. The van der Waals surface area contributed by atoms with Gasteiger partial charge in [-0.25, -0.2) is 9.59 Å². The van der Waals surface area contributed by atoms with Gasteiger partial charge in [-0.15, -0.1) is 12.3 Å². The van der Waals surface area contributed by atoms with E-state index in [-0.39, 0.29) is 6.42 Å². The Morgan fingerprint density at radius 3 is 2.68 bits per heavy atom. The third-order valence-corrected chi connectivity index (χ3v) is 3.14. The first-order chi connectivity index (χ1) is 9.04. The van der Waals surface area contributed by atoms with Gasteiger partial charge < -0.3 is 20.1 Å². The minimum absolute atomic E-state index is 0.0216. The SMILES string of the molecule is C#CCC(NC(=O)N(C)CC1CCOCC1)C(=O)O. The fraction of sp³-hybridized carbons (Fsp3) is 0.692. The van der Waals surface area contributed by atoms with Gasteiger partial charge in [-0.1, -0.05) is 0 Å². The first kappa shape index (κ1) is 15.3. The number of ether oxygens (including phenoxy) is 1. The Morgan fingerprint density at radius 1 is 1.53 bits per heavy atom. The summed E-state index contributed by atoms with van der Waals surface area (Å²) in [7, 11) is 1.65. The number of carboxylic acids is 1. The van der Waals surface area contributed by atoms with Gasteiger partial charge in [-0.3, -0.25) is 0 Å². The van der Waals surface area contributed by atoms with Crippen LogP contribution in [0.15, 0.2) is 0 Å². The van der Waals surface area contributed by atoms with E-state index in [0.29, 0.717) is 12.5 Å². The molecular weight excluding hydrogens is 248 g/mol. The van der Waals surface area contributed by atoms with E-state index in [0.717, 1.165) is 26.1 Å². The van der Waals surface area contributed by atoms with Crippen molar-refractivity contribution in [2.24, 2.45) is 5.92 Å². The van der Waals surface area contributed by atoms with E-state index in [1.165, 1.54) is 4.90 Å². The Labute approximate surface area is 113 Å². The summed E-state index contributed by atoms with van der Waals surface area (Å²) in [4.78, 5) is 24.3. The van der Waals surface area contributed by atoms with Crippen molar-refractivity contribution < 1.29 is 19.4 Å². The van der Waals surface area contributed by atoms with Crippen LogP contribution in [-0.4, -0.2) is 54.9 Å². The molecule has 1 rings (SSSR count). The topological polar surface area (TPSA) is 78.9 Å². The highest BCUT2D eigenvalue weighted by atomic mass is 16.5. The van der Waals surface area contributed by atoms with Crippen LogP contribution in [0.4, 0.5) is 4.79 Å². The maximum Gasteiger partial charge on any atom is 0.327 e. The Hall–Kier alpha value is -1.74. The third-order valence-electron chi connectivity index (χ3n) is 3.14. The first-order valence-corrected chi connectivity index (χ1v) is 6.30. The molecule has 1 atom stereocenters. The molecule has 0 aliphatic carbocycles. The Morgan fingerprint density at radius 2 is 2.16 bits per heavy atom.